The molecule has 0 aliphatic heterocycles. The maximum atomic E-state index is 12.8. The predicted octanol–water partition coefficient (Wildman–Crippen LogP) is 7.80. The van der Waals surface area contributed by atoms with Gasteiger partial charge in [-0.3, -0.25) is 9.59 Å². The van der Waals surface area contributed by atoms with E-state index in [4.69, 9.17) is 22.3 Å². The standard InChI is InChI=1S/C20H21NO5S.C20H22O7S/c1-13(2)16-9-19(24-4)17(18-11-25-12-21-18)10-20(16)26-27(22,23)15-7-5-14(3)6-8-15;1-13(2)16-9-19(25-4)17(18(22)11-26-12-21)10-20(16)27-28(23,24)15-7-5-14(3)6-8-15/h5-13H,1-4H3;5-10,12-13H,11H2,1-4H3. The Morgan fingerprint density at radius 2 is 1.18 bits per heavy atom. The highest BCUT2D eigenvalue weighted by molar-refractivity contribution is 7.87. The molecule has 5 rings (SSSR count). The van der Waals surface area contributed by atoms with E-state index in [0.29, 0.717) is 22.6 Å². The van der Waals surface area contributed by atoms with Crippen molar-refractivity contribution in [3.63, 3.8) is 0 Å². The fraction of sp³-hybridized carbons (Fsp3) is 0.275. The van der Waals surface area contributed by atoms with Gasteiger partial charge in [0.05, 0.1) is 19.8 Å². The van der Waals surface area contributed by atoms with Crippen LogP contribution in [0.4, 0.5) is 0 Å². The quantitative estimate of drug-likeness (QED) is 0.0571. The molecule has 4 aromatic carbocycles. The highest BCUT2D eigenvalue weighted by Crippen LogP contribution is 2.40. The molecule has 0 aliphatic rings. The van der Waals surface area contributed by atoms with E-state index in [1.54, 1.807) is 49.6 Å². The summed E-state index contributed by atoms with van der Waals surface area (Å²) in [5, 5.41) is 0. The number of carbonyl (C=O) groups excluding carboxylic acids is 2. The number of oxazole rings is 1. The first-order chi connectivity index (χ1) is 26.0. The minimum absolute atomic E-state index is 0.000730. The molecule has 0 unspecified atom stereocenters. The largest absolute Gasteiger partial charge is 0.496 e. The topological polar surface area (TPSA) is 175 Å². The summed E-state index contributed by atoms with van der Waals surface area (Å²) in [5.41, 5.74) is 4.33. The van der Waals surface area contributed by atoms with Crippen molar-refractivity contribution in [1.29, 1.82) is 0 Å². The highest BCUT2D eigenvalue weighted by atomic mass is 32.2. The number of nitrogens with zero attached hydrogens (tertiary/aromatic N) is 1. The molecule has 0 saturated carbocycles. The monoisotopic (exact) mass is 793 g/mol. The Balaban J connectivity index is 0.000000245. The molecule has 1 heterocycles. The second kappa shape index (κ2) is 18.1. The fourth-order valence-electron chi connectivity index (χ4n) is 5.23. The van der Waals surface area contributed by atoms with Crippen LogP contribution in [0.1, 0.15) is 72.1 Å². The van der Waals surface area contributed by atoms with Gasteiger partial charge in [-0.15, -0.1) is 0 Å². The van der Waals surface area contributed by atoms with Crippen LogP contribution in [0.2, 0.25) is 0 Å². The van der Waals surface area contributed by atoms with Crippen molar-refractivity contribution < 1.29 is 53.4 Å². The molecule has 0 spiro atoms. The molecule has 15 heteroatoms. The molecular weight excluding hydrogens is 751 g/mol. The molecular formula is C40H43NO12S2. The van der Waals surface area contributed by atoms with E-state index >= 15 is 0 Å². The van der Waals surface area contributed by atoms with Gasteiger partial charge in [0.15, 0.2) is 13.0 Å². The summed E-state index contributed by atoms with van der Waals surface area (Å²) in [6, 6.07) is 19.0. The van der Waals surface area contributed by atoms with Crippen molar-refractivity contribution in [1.82, 2.24) is 4.98 Å². The zero-order valence-corrected chi connectivity index (χ0v) is 33.3. The first-order valence-corrected chi connectivity index (χ1v) is 19.8. The lowest BCUT2D eigenvalue weighted by Gasteiger charge is -2.17. The second-order valence-corrected chi connectivity index (χ2v) is 16.0. The van der Waals surface area contributed by atoms with E-state index in [2.05, 4.69) is 9.72 Å². The van der Waals surface area contributed by atoms with Crippen LogP contribution in [-0.4, -0.2) is 54.9 Å². The van der Waals surface area contributed by atoms with Crippen LogP contribution in [0.3, 0.4) is 0 Å². The molecule has 0 aliphatic carbocycles. The van der Waals surface area contributed by atoms with Crippen LogP contribution < -0.4 is 17.8 Å². The van der Waals surface area contributed by atoms with Crippen LogP contribution in [0.25, 0.3) is 11.3 Å². The summed E-state index contributed by atoms with van der Waals surface area (Å²) < 4.78 is 82.0. The minimum atomic E-state index is -4.10. The number of rotatable bonds is 15. The van der Waals surface area contributed by atoms with Crippen LogP contribution in [0.5, 0.6) is 23.0 Å². The molecule has 0 atom stereocenters. The second-order valence-electron chi connectivity index (χ2n) is 12.9. The summed E-state index contributed by atoms with van der Waals surface area (Å²) >= 11 is 0. The molecule has 292 valence electrons. The van der Waals surface area contributed by atoms with E-state index in [0.717, 1.165) is 16.7 Å². The van der Waals surface area contributed by atoms with Gasteiger partial charge in [-0.1, -0.05) is 63.1 Å². The number of ether oxygens (including phenoxy) is 3. The molecule has 0 radical (unpaired) electrons. The lowest BCUT2D eigenvalue weighted by atomic mass is 9.98. The van der Waals surface area contributed by atoms with Gasteiger partial charge in [0.25, 0.3) is 6.47 Å². The van der Waals surface area contributed by atoms with E-state index in [9.17, 15) is 26.4 Å². The van der Waals surface area contributed by atoms with Gasteiger partial charge >= 0.3 is 20.2 Å². The van der Waals surface area contributed by atoms with Gasteiger partial charge in [-0.2, -0.15) is 16.8 Å². The molecule has 0 saturated heterocycles. The average Bonchev–Trinajstić information content (AvgIpc) is 3.69. The van der Waals surface area contributed by atoms with Gasteiger partial charge in [0.2, 0.25) is 5.78 Å². The Kier molecular flexibility index (Phi) is 13.9. The van der Waals surface area contributed by atoms with Crippen LogP contribution >= 0.6 is 0 Å². The Morgan fingerprint density at radius 1 is 0.709 bits per heavy atom. The Hall–Kier alpha value is -5.67. The maximum Gasteiger partial charge on any atom is 0.339 e. The van der Waals surface area contributed by atoms with Crippen molar-refractivity contribution in [2.45, 2.75) is 63.2 Å². The SMILES string of the molecule is COc1cc(C(C)C)c(OS(=O)(=O)c2ccc(C)cc2)cc1-c1cocn1.COc1cc(C(C)C)c(OS(=O)(=O)c2ccc(C)cc2)cc1C(=O)COC=O. The summed E-state index contributed by atoms with van der Waals surface area (Å²) in [6.07, 6.45) is 2.76. The third-order valence-corrected chi connectivity index (χ3v) is 10.7. The van der Waals surface area contributed by atoms with Crippen molar-refractivity contribution in [2.24, 2.45) is 0 Å². The predicted molar refractivity (Wildman–Crippen MR) is 204 cm³/mol. The van der Waals surface area contributed by atoms with Crippen molar-refractivity contribution >= 4 is 32.5 Å². The maximum absolute atomic E-state index is 12.8. The van der Waals surface area contributed by atoms with E-state index in [-0.39, 0.29) is 50.9 Å². The van der Waals surface area contributed by atoms with Gasteiger partial charge in [-0.25, -0.2) is 4.98 Å². The smallest absolute Gasteiger partial charge is 0.339 e. The molecule has 0 fully saturated rings. The molecule has 1 aromatic heterocycles. The molecule has 13 nitrogen and oxygen atoms in total. The van der Waals surface area contributed by atoms with E-state index in [1.807, 2.05) is 41.5 Å². The van der Waals surface area contributed by atoms with Crippen LogP contribution in [-0.2, 0) is 29.8 Å². The number of methoxy groups -OCH3 is 2. The molecule has 5 aromatic rings. The zero-order valence-electron chi connectivity index (χ0n) is 31.7. The first-order valence-electron chi connectivity index (χ1n) is 16.9. The van der Waals surface area contributed by atoms with Gasteiger partial charge < -0.3 is 27.0 Å². The number of carbonyl (C=O) groups is 2. The number of aryl methyl sites for hydroxylation is 2. The molecule has 55 heavy (non-hydrogen) atoms. The Morgan fingerprint density at radius 3 is 1.60 bits per heavy atom. The average molecular weight is 794 g/mol. The number of Topliss-reactive ketones (excluding diaryl/α,β-unsaturated/α-hetero) is 1. The lowest BCUT2D eigenvalue weighted by molar-refractivity contribution is -0.127. The highest BCUT2D eigenvalue weighted by Gasteiger charge is 2.25. The van der Waals surface area contributed by atoms with Crippen LogP contribution in [0.15, 0.2) is 99.7 Å². The summed E-state index contributed by atoms with van der Waals surface area (Å²) in [4.78, 5) is 26.9. The first kappa shape index (κ1) is 42.1. The number of ketones is 1. The third-order valence-electron chi connectivity index (χ3n) is 8.22. The van der Waals surface area contributed by atoms with Gasteiger partial charge in [-0.05, 0) is 74.2 Å². The van der Waals surface area contributed by atoms with Crippen molar-refractivity contribution in [3.05, 3.63) is 113 Å². The molecule has 0 bridgehead atoms. The minimum Gasteiger partial charge on any atom is -0.496 e. The zero-order chi connectivity index (χ0) is 40.5. The van der Waals surface area contributed by atoms with Crippen molar-refractivity contribution in [3.8, 4) is 34.3 Å². The normalized spacial score (nSPS) is 11.4. The summed E-state index contributed by atoms with van der Waals surface area (Å²) in [7, 11) is -5.14. The lowest BCUT2D eigenvalue weighted by Crippen LogP contribution is -2.14. The number of aromatic nitrogens is 1. The van der Waals surface area contributed by atoms with Gasteiger partial charge in [0, 0.05) is 16.7 Å². The number of benzene rings is 4. The van der Waals surface area contributed by atoms with Crippen LogP contribution in [0, 0.1) is 13.8 Å². The summed E-state index contributed by atoms with van der Waals surface area (Å²) in [5.74, 6) is 0.434. The molecule has 0 amide bonds. The number of hydrogen-bond acceptors (Lipinski definition) is 13. The Bertz CT molecular complexity index is 2320. The van der Waals surface area contributed by atoms with E-state index in [1.165, 1.54) is 50.1 Å². The fourth-order valence-corrected chi connectivity index (χ4v) is 7.12. The molecule has 0 N–H and O–H groups in total. The van der Waals surface area contributed by atoms with Gasteiger partial charge in [0.1, 0.15) is 44.7 Å². The van der Waals surface area contributed by atoms with Crippen molar-refractivity contribution in [2.75, 3.05) is 20.8 Å². The van der Waals surface area contributed by atoms with E-state index < -0.39 is 32.6 Å². The Labute approximate surface area is 321 Å². The number of hydrogen-bond donors (Lipinski definition) is 0. The third kappa shape index (κ3) is 10.5. The summed E-state index contributed by atoms with van der Waals surface area (Å²) in [6.45, 7) is 11.0.